The number of carbonyl (C=O) groups excluding carboxylic acids is 1. The van der Waals surface area contributed by atoms with E-state index < -0.39 is 6.04 Å². The minimum absolute atomic E-state index is 0.136. The molecule has 0 rings (SSSR count). The largest absolute Gasteiger partial charge is 0.384 e. The Balaban J connectivity index is 3.82. The van der Waals surface area contributed by atoms with E-state index in [2.05, 4.69) is 5.32 Å². The van der Waals surface area contributed by atoms with E-state index in [9.17, 15) is 4.79 Å². The van der Waals surface area contributed by atoms with Crippen LogP contribution in [0.3, 0.4) is 0 Å². The van der Waals surface area contributed by atoms with Crippen molar-refractivity contribution >= 4 is 5.91 Å². The van der Waals surface area contributed by atoms with Gasteiger partial charge in [0.15, 0.2) is 0 Å². The van der Waals surface area contributed by atoms with Crippen LogP contribution in [0.1, 0.15) is 20.3 Å². The number of ether oxygens (including phenoxy) is 1. The van der Waals surface area contributed by atoms with Gasteiger partial charge in [0.05, 0.1) is 12.7 Å². The zero-order valence-electron chi connectivity index (χ0n) is 8.33. The van der Waals surface area contributed by atoms with Crippen molar-refractivity contribution in [2.45, 2.75) is 26.3 Å². The van der Waals surface area contributed by atoms with Gasteiger partial charge < -0.3 is 10.1 Å². The summed E-state index contributed by atoms with van der Waals surface area (Å²) < 4.78 is 4.74. The molecule has 1 amide bonds. The maximum atomic E-state index is 11.1. The lowest BCUT2D eigenvalue weighted by molar-refractivity contribution is -0.122. The highest BCUT2D eigenvalue weighted by Crippen LogP contribution is 1.99. The molecule has 13 heavy (non-hydrogen) atoms. The van der Waals surface area contributed by atoms with Crippen LogP contribution in [-0.4, -0.2) is 25.7 Å². The maximum absolute atomic E-state index is 11.1. The van der Waals surface area contributed by atoms with E-state index in [-0.39, 0.29) is 11.8 Å². The maximum Gasteiger partial charge on any atom is 0.223 e. The standard InChI is InChI=1S/C9H16N2O2/c1-7(2)8(6-10)11-9(12)4-5-13-3/h7-8H,4-5H2,1-3H3,(H,11,12). The molecule has 0 radical (unpaired) electrons. The molecule has 0 bridgehead atoms. The Morgan fingerprint density at radius 1 is 1.62 bits per heavy atom. The van der Waals surface area contributed by atoms with Crippen LogP contribution in [0.2, 0.25) is 0 Å². The summed E-state index contributed by atoms with van der Waals surface area (Å²) in [7, 11) is 1.54. The first-order valence-corrected chi connectivity index (χ1v) is 4.29. The van der Waals surface area contributed by atoms with Gasteiger partial charge in [0, 0.05) is 13.5 Å². The van der Waals surface area contributed by atoms with Crippen molar-refractivity contribution in [1.82, 2.24) is 5.32 Å². The minimum Gasteiger partial charge on any atom is -0.384 e. The molecular weight excluding hydrogens is 168 g/mol. The average molecular weight is 184 g/mol. The van der Waals surface area contributed by atoms with Crippen molar-refractivity contribution in [3.63, 3.8) is 0 Å². The second kappa shape index (κ2) is 6.44. The van der Waals surface area contributed by atoms with Gasteiger partial charge in [-0.2, -0.15) is 5.26 Å². The summed E-state index contributed by atoms with van der Waals surface area (Å²) in [6, 6.07) is 1.64. The van der Waals surface area contributed by atoms with E-state index in [0.717, 1.165) is 0 Å². The summed E-state index contributed by atoms with van der Waals surface area (Å²) in [5.41, 5.74) is 0. The highest BCUT2D eigenvalue weighted by atomic mass is 16.5. The molecule has 4 nitrogen and oxygen atoms in total. The Morgan fingerprint density at radius 2 is 2.23 bits per heavy atom. The van der Waals surface area contributed by atoms with Gasteiger partial charge in [0.25, 0.3) is 0 Å². The Labute approximate surface area is 78.9 Å². The lowest BCUT2D eigenvalue weighted by Gasteiger charge is -2.14. The van der Waals surface area contributed by atoms with E-state index in [0.29, 0.717) is 13.0 Å². The fourth-order valence-electron chi connectivity index (χ4n) is 0.788. The second-order valence-corrected chi connectivity index (χ2v) is 3.16. The van der Waals surface area contributed by atoms with Gasteiger partial charge in [-0.1, -0.05) is 13.8 Å². The van der Waals surface area contributed by atoms with Gasteiger partial charge >= 0.3 is 0 Å². The van der Waals surface area contributed by atoms with Crippen LogP contribution in [-0.2, 0) is 9.53 Å². The molecule has 0 aromatic heterocycles. The van der Waals surface area contributed by atoms with Crippen LogP contribution in [0.25, 0.3) is 0 Å². The van der Waals surface area contributed by atoms with Crippen molar-refractivity contribution in [3.8, 4) is 6.07 Å². The number of carbonyl (C=O) groups is 1. The molecule has 0 aromatic rings. The summed E-state index contributed by atoms with van der Waals surface area (Å²) in [5.74, 6) is -0.00130. The number of hydrogen-bond donors (Lipinski definition) is 1. The quantitative estimate of drug-likeness (QED) is 0.683. The monoisotopic (exact) mass is 184 g/mol. The van der Waals surface area contributed by atoms with E-state index in [4.69, 9.17) is 10.00 Å². The van der Waals surface area contributed by atoms with E-state index >= 15 is 0 Å². The molecule has 74 valence electrons. The molecular formula is C9H16N2O2. The van der Waals surface area contributed by atoms with Crippen molar-refractivity contribution in [2.75, 3.05) is 13.7 Å². The van der Waals surface area contributed by atoms with Crippen LogP contribution >= 0.6 is 0 Å². The first-order valence-electron chi connectivity index (χ1n) is 4.29. The van der Waals surface area contributed by atoms with Crippen molar-refractivity contribution in [2.24, 2.45) is 5.92 Å². The van der Waals surface area contributed by atoms with Crippen molar-refractivity contribution in [1.29, 1.82) is 5.26 Å². The van der Waals surface area contributed by atoms with Crippen LogP contribution in [0, 0.1) is 17.2 Å². The van der Waals surface area contributed by atoms with Crippen molar-refractivity contribution < 1.29 is 9.53 Å². The van der Waals surface area contributed by atoms with Gasteiger partial charge in [0.2, 0.25) is 5.91 Å². The SMILES string of the molecule is COCCC(=O)NC(C#N)C(C)C. The third-order valence-electron chi connectivity index (χ3n) is 1.66. The predicted molar refractivity (Wildman–Crippen MR) is 48.9 cm³/mol. The molecule has 0 fully saturated rings. The molecule has 0 aromatic carbocycles. The molecule has 0 saturated heterocycles. The number of nitrogens with one attached hydrogen (secondary N) is 1. The zero-order valence-corrected chi connectivity index (χ0v) is 8.33. The van der Waals surface area contributed by atoms with E-state index in [1.807, 2.05) is 19.9 Å². The number of methoxy groups -OCH3 is 1. The van der Waals surface area contributed by atoms with Crippen LogP contribution in [0.5, 0.6) is 0 Å². The molecule has 0 aliphatic heterocycles. The third kappa shape index (κ3) is 5.21. The number of amides is 1. The summed E-state index contributed by atoms with van der Waals surface area (Å²) >= 11 is 0. The van der Waals surface area contributed by atoms with Crippen LogP contribution in [0.4, 0.5) is 0 Å². The molecule has 0 aliphatic rings. The molecule has 1 N–H and O–H groups in total. The summed E-state index contributed by atoms with van der Waals surface area (Å²) in [6.07, 6.45) is 0.307. The van der Waals surface area contributed by atoms with Crippen molar-refractivity contribution in [3.05, 3.63) is 0 Å². The van der Waals surface area contributed by atoms with Gasteiger partial charge in [-0.3, -0.25) is 4.79 Å². The number of nitrogens with zero attached hydrogens (tertiary/aromatic N) is 1. The number of hydrogen-bond acceptors (Lipinski definition) is 3. The molecule has 0 spiro atoms. The van der Waals surface area contributed by atoms with Gasteiger partial charge in [-0.25, -0.2) is 0 Å². The molecule has 0 heterocycles. The van der Waals surface area contributed by atoms with Crippen LogP contribution < -0.4 is 5.32 Å². The molecule has 0 aliphatic carbocycles. The molecule has 1 unspecified atom stereocenters. The van der Waals surface area contributed by atoms with E-state index in [1.165, 1.54) is 7.11 Å². The first-order chi connectivity index (χ1) is 6.11. The number of rotatable bonds is 5. The zero-order chi connectivity index (χ0) is 10.3. The number of nitriles is 1. The second-order valence-electron chi connectivity index (χ2n) is 3.16. The smallest absolute Gasteiger partial charge is 0.223 e. The van der Waals surface area contributed by atoms with E-state index in [1.54, 1.807) is 0 Å². The minimum atomic E-state index is -0.399. The van der Waals surface area contributed by atoms with Gasteiger partial charge in [-0.05, 0) is 5.92 Å². The lowest BCUT2D eigenvalue weighted by atomic mass is 10.1. The van der Waals surface area contributed by atoms with Gasteiger partial charge in [-0.15, -0.1) is 0 Å². The van der Waals surface area contributed by atoms with Crippen LogP contribution in [0.15, 0.2) is 0 Å². The summed E-state index contributed by atoms with van der Waals surface area (Å²) in [5, 5.41) is 11.3. The molecule has 4 heteroatoms. The Hall–Kier alpha value is -1.08. The Morgan fingerprint density at radius 3 is 2.62 bits per heavy atom. The average Bonchev–Trinajstić information content (AvgIpc) is 2.10. The summed E-state index contributed by atoms with van der Waals surface area (Å²) in [6.45, 7) is 4.18. The fraction of sp³-hybridized carbons (Fsp3) is 0.778. The highest BCUT2D eigenvalue weighted by molar-refractivity contribution is 5.76. The Kier molecular flexibility index (Phi) is 5.90. The third-order valence-corrected chi connectivity index (χ3v) is 1.66. The molecule has 0 saturated carbocycles. The molecule has 1 atom stereocenters. The first kappa shape index (κ1) is 11.9. The lowest BCUT2D eigenvalue weighted by Crippen LogP contribution is -2.37. The topological polar surface area (TPSA) is 62.1 Å². The summed E-state index contributed by atoms with van der Waals surface area (Å²) in [4.78, 5) is 11.1. The van der Waals surface area contributed by atoms with Gasteiger partial charge in [0.1, 0.15) is 6.04 Å². The predicted octanol–water partition coefficient (Wildman–Crippen LogP) is 0.687. The Bertz CT molecular complexity index is 196. The highest BCUT2D eigenvalue weighted by Gasteiger charge is 2.14. The normalized spacial score (nSPS) is 12.2. The fourth-order valence-corrected chi connectivity index (χ4v) is 0.788.